The van der Waals surface area contributed by atoms with Crippen LogP contribution in [0.15, 0.2) is 103 Å². The summed E-state index contributed by atoms with van der Waals surface area (Å²) in [5.74, 6) is -3.47. The maximum atomic E-state index is 13.9. The minimum absolute atomic E-state index is 0.0850. The molecule has 0 unspecified atom stereocenters. The predicted molar refractivity (Wildman–Crippen MR) is 165 cm³/mol. The van der Waals surface area contributed by atoms with Crippen LogP contribution in [0, 0.1) is 11.6 Å². The fourth-order valence-electron chi connectivity index (χ4n) is 6.63. The first-order valence-electron chi connectivity index (χ1n) is 13.5. The zero-order chi connectivity index (χ0) is 28.3. The van der Waals surface area contributed by atoms with Gasteiger partial charge in [-0.15, -0.1) is 11.3 Å². The van der Waals surface area contributed by atoms with E-state index in [-0.39, 0.29) is 16.7 Å². The molecule has 5 aromatic carbocycles. The normalized spacial score (nSPS) is 13.5. The average molecular weight is 566 g/mol. The lowest BCUT2D eigenvalue weighted by molar-refractivity contribution is 0.0990. The Morgan fingerprint density at radius 2 is 1.33 bits per heavy atom. The van der Waals surface area contributed by atoms with E-state index in [1.165, 1.54) is 16.7 Å². The summed E-state index contributed by atoms with van der Waals surface area (Å²) in [6, 6.07) is 31.0. The fraction of sp³-hybridized carbons (Fsp3) is 0. The van der Waals surface area contributed by atoms with Gasteiger partial charge >= 0.3 is 0 Å². The van der Waals surface area contributed by atoms with Crippen molar-refractivity contribution in [3.05, 3.63) is 130 Å². The topological polar surface area (TPSA) is 38.5 Å². The van der Waals surface area contributed by atoms with Gasteiger partial charge in [-0.25, -0.2) is 8.78 Å². The molecular formula is C36H17F2NO2S. The van der Waals surface area contributed by atoms with Gasteiger partial charge in [-0.2, -0.15) is 0 Å². The van der Waals surface area contributed by atoms with E-state index >= 15 is 0 Å². The molecule has 3 heterocycles. The van der Waals surface area contributed by atoms with E-state index in [0.717, 1.165) is 66.1 Å². The minimum atomic E-state index is -1.15. The quantitative estimate of drug-likeness (QED) is 0.155. The summed E-state index contributed by atoms with van der Waals surface area (Å²) < 4.78 is 30.1. The molecule has 0 radical (unpaired) electrons. The van der Waals surface area contributed by atoms with Crippen molar-refractivity contribution >= 4 is 77.2 Å². The van der Waals surface area contributed by atoms with Gasteiger partial charge in [0, 0.05) is 37.5 Å². The Morgan fingerprint density at radius 1 is 0.643 bits per heavy atom. The number of rotatable bonds is 2. The Hall–Kier alpha value is -5.20. The molecule has 0 bridgehead atoms. The number of halogens is 2. The van der Waals surface area contributed by atoms with Gasteiger partial charge in [-0.1, -0.05) is 66.7 Å². The van der Waals surface area contributed by atoms with Crippen LogP contribution in [0.2, 0.25) is 0 Å². The van der Waals surface area contributed by atoms with Gasteiger partial charge in [0.25, 0.3) is 0 Å². The predicted octanol–water partition coefficient (Wildman–Crippen LogP) is 9.46. The van der Waals surface area contributed by atoms with E-state index in [1.807, 2.05) is 18.2 Å². The van der Waals surface area contributed by atoms with Crippen LogP contribution in [0.25, 0.3) is 65.4 Å². The number of carbonyl (C=O) groups is 2. The third kappa shape index (κ3) is 2.96. The van der Waals surface area contributed by atoms with E-state index in [1.54, 1.807) is 6.08 Å². The monoisotopic (exact) mass is 565 g/mol. The number of pyridine rings is 1. The number of para-hydroxylation sites is 1. The van der Waals surface area contributed by atoms with Crippen LogP contribution in [0.4, 0.5) is 8.78 Å². The van der Waals surface area contributed by atoms with E-state index in [4.69, 9.17) is 0 Å². The second-order valence-corrected chi connectivity index (χ2v) is 11.7. The average Bonchev–Trinajstić information content (AvgIpc) is 3.65. The van der Waals surface area contributed by atoms with Crippen LogP contribution in [0.3, 0.4) is 0 Å². The molecule has 8 aromatic rings. The zero-order valence-corrected chi connectivity index (χ0v) is 22.6. The van der Waals surface area contributed by atoms with Crippen LogP contribution >= 0.6 is 11.3 Å². The highest BCUT2D eigenvalue weighted by Crippen LogP contribution is 2.47. The Kier molecular flexibility index (Phi) is 4.58. The number of hydrogen-bond acceptors (Lipinski definition) is 3. The van der Waals surface area contributed by atoms with Crippen LogP contribution in [-0.4, -0.2) is 16.0 Å². The standard InChI is InChI=1S/C36H17F2NO2S/c37-28-16-24-25(17-29(28)38)35(41)27(34(24)40)15-20-14-26-21-11-6-9-19-13-23(18-7-2-1-3-8-18)32-22-10-4-5-12-30(22)39(36(26)42-20)33(32)31(19)21/h1-17H. The Balaban J connectivity index is 1.38. The molecule has 0 N–H and O–H groups in total. The molecule has 0 spiro atoms. The van der Waals surface area contributed by atoms with E-state index in [0.29, 0.717) is 4.88 Å². The second-order valence-electron chi connectivity index (χ2n) is 10.7. The number of thiophene rings is 1. The molecule has 42 heavy (non-hydrogen) atoms. The highest BCUT2D eigenvalue weighted by atomic mass is 32.1. The Morgan fingerprint density at radius 3 is 2.10 bits per heavy atom. The van der Waals surface area contributed by atoms with Crippen LogP contribution in [0.1, 0.15) is 25.6 Å². The van der Waals surface area contributed by atoms with Gasteiger partial charge in [0.2, 0.25) is 0 Å². The molecule has 6 heteroatoms. The molecule has 0 atom stereocenters. The first-order chi connectivity index (χ1) is 20.5. The van der Waals surface area contributed by atoms with Crippen molar-refractivity contribution in [3.63, 3.8) is 0 Å². The summed E-state index contributed by atoms with van der Waals surface area (Å²) in [7, 11) is 0. The SMILES string of the molecule is O=C1C(=Cc2cc3c4cccc5cc(-c6ccccc6)c6c7ccccc7n(c3s2)c6c54)C(=O)c2cc(F)c(F)cc21. The van der Waals surface area contributed by atoms with Crippen molar-refractivity contribution in [1.82, 2.24) is 4.40 Å². The summed E-state index contributed by atoms with van der Waals surface area (Å²) in [5.41, 5.74) is 4.21. The summed E-state index contributed by atoms with van der Waals surface area (Å²) in [4.78, 5) is 28.0. The van der Waals surface area contributed by atoms with Gasteiger partial charge in [0.05, 0.1) is 16.6 Å². The van der Waals surface area contributed by atoms with Crippen molar-refractivity contribution in [1.29, 1.82) is 0 Å². The molecule has 0 saturated carbocycles. The van der Waals surface area contributed by atoms with E-state index in [2.05, 4.69) is 71.1 Å². The second kappa shape index (κ2) is 8.18. The van der Waals surface area contributed by atoms with Crippen molar-refractivity contribution in [2.45, 2.75) is 0 Å². The Labute approximate surface area is 240 Å². The summed E-state index contributed by atoms with van der Waals surface area (Å²) in [6.07, 6.45) is 1.56. The van der Waals surface area contributed by atoms with Gasteiger partial charge in [0.1, 0.15) is 4.83 Å². The van der Waals surface area contributed by atoms with Gasteiger partial charge in [0.15, 0.2) is 23.2 Å². The Bertz CT molecular complexity index is 2480. The van der Waals surface area contributed by atoms with Crippen molar-refractivity contribution < 1.29 is 18.4 Å². The molecule has 0 aliphatic heterocycles. The smallest absolute Gasteiger partial charge is 0.197 e. The first kappa shape index (κ1) is 23.5. The maximum absolute atomic E-state index is 13.9. The highest BCUT2D eigenvalue weighted by Gasteiger charge is 2.35. The first-order valence-corrected chi connectivity index (χ1v) is 14.3. The zero-order valence-electron chi connectivity index (χ0n) is 21.7. The molecule has 3 aromatic heterocycles. The van der Waals surface area contributed by atoms with Crippen LogP contribution < -0.4 is 0 Å². The fourth-order valence-corrected chi connectivity index (χ4v) is 7.77. The largest absolute Gasteiger partial charge is 0.299 e. The molecule has 9 rings (SSSR count). The molecule has 0 saturated heterocycles. The highest BCUT2D eigenvalue weighted by molar-refractivity contribution is 7.19. The minimum Gasteiger partial charge on any atom is -0.299 e. The summed E-state index contributed by atoms with van der Waals surface area (Å²) in [5, 5.41) is 6.69. The molecular weight excluding hydrogens is 548 g/mol. The maximum Gasteiger partial charge on any atom is 0.197 e. The number of fused-ring (bicyclic) bond motifs is 7. The van der Waals surface area contributed by atoms with Gasteiger partial charge in [-0.3, -0.25) is 14.0 Å². The number of Topliss-reactive ketones (excluding diaryl/α,β-unsaturated/α-hetero) is 2. The van der Waals surface area contributed by atoms with E-state index < -0.39 is 23.2 Å². The number of nitrogens with zero attached hydrogens (tertiary/aromatic N) is 1. The lowest BCUT2D eigenvalue weighted by Crippen LogP contribution is -1.99. The summed E-state index contributed by atoms with van der Waals surface area (Å²) in [6.45, 7) is 0. The number of aromatic nitrogens is 1. The van der Waals surface area contributed by atoms with Crippen molar-refractivity contribution in [3.8, 4) is 11.1 Å². The molecule has 1 aliphatic carbocycles. The van der Waals surface area contributed by atoms with Crippen molar-refractivity contribution in [2.75, 3.05) is 0 Å². The van der Waals surface area contributed by atoms with E-state index in [9.17, 15) is 18.4 Å². The number of carbonyl (C=O) groups excluding carboxylic acids is 2. The third-order valence-corrected chi connectivity index (χ3v) is 9.48. The molecule has 0 amide bonds. The van der Waals surface area contributed by atoms with Crippen molar-refractivity contribution in [2.24, 2.45) is 0 Å². The van der Waals surface area contributed by atoms with Gasteiger partial charge in [-0.05, 0) is 58.3 Å². The molecule has 0 fully saturated rings. The molecule has 3 nitrogen and oxygen atoms in total. The number of benzene rings is 5. The van der Waals surface area contributed by atoms with Crippen LogP contribution in [0.5, 0.6) is 0 Å². The molecule has 1 aliphatic rings. The number of ketones is 2. The summed E-state index contributed by atoms with van der Waals surface area (Å²) >= 11 is 1.49. The van der Waals surface area contributed by atoms with Gasteiger partial charge < -0.3 is 0 Å². The number of hydrogen-bond donors (Lipinski definition) is 0. The number of allylic oxidation sites excluding steroid dienone is 1. The molecule has 198 valence electrons. The lowest BCUT2D eigenvalue weighted by atomic mass is 9.93. The lowest BCUT2D eigenvalue weighted by Gasteiger charge is -2.13. The third-order valence-electron chi connectivity index (χ3n) is 8.41. The van der Waals surface area contributed by atoms with Crippen LogP contribution in [-0.2, 0) is 0 Å².